The highest BCUT2D eigenvalue weighted by molar-refractivity contribution is 6.30. The lowest BCUT2D eigenvalue weighted by Gasteiger charge is -2.14. The number of halogens is 1. The van der Waals surface area contributed by atoms with Gasteiger partial charge < -0.3 is 10.1 Å². The summed E-state index contributed by atoms with van der Waals surface area (Å²) in [6.45, 7) is 0. The average molecular weight is 254 g/mol. The molecule has 0 heterocycles. The molecule has 1 aromatic rings. The maximum absolute atomic E-state index is 12.1. The van der Waals surface area contributed by atoms with Crippen LogP contribution in [0.25, 0.3) is 0 Å². The van der Waals surface area contributed by atoms with Crippen LogP contribution in [0.2, 0.25) is 5.02 Å². The van der Waals surface area contributed by atoms with E-state index in [0.29, 0.717) is 22.4 Å². The molecular weight excluding hydrogens is 238 g/mol. The minimum atomic E-state index is -0.0783. The van der Waals surface area contributed by atoms with Gasteiger partial charge in [0, 0.05) is 11.1 Å². The van der Waals surface area contributed by atoms with Crippen molar-refractivity contribution in [3.63, 3.8) is 0 Å². The van der Waals surface area contributed by atoms with Crippen LogP contribution in [0, 0.1) is 0 Å². The molecule has 1 N–H and O–H groups in total. The molecule has 92 valence electrons. The summed E-state index contributed by atoms with van der Waals surface area (Å²) in [6.07, 6.45) is 4.54. The second-order valence-electron chi connectivity index (χ2n) is 4.30. The summed E-state index contributed by atoms with van der Waals surface area (Å²) < 4.78 is 5.17. The number of nitrogens with one attached hydrogen (secondary N) is 1. The molecule has 3 nitrogen and oxygen atoms in total. The first-order chi connectivity index (χ1) is 8.20. The standard InChI is InChI=1S/C13H16ClNO2/c1-17-12-8-9(14)6-7-11(12)13(16)15-10-4-2-3-5-10/h6-8,10H,2-5H2,1H3,(H,15,16). The molecule has 1 saturated carbocycles. The predicted molar refractivity (Wildman–Crippen MR) is 67.7 cm³/mol. The molecule has 2 rings (SSSR count). The predicted octanol–water partition coefficient (Wildman–Crippen LogP) is 3.02. The number of ether oxygens (including phenoxy) is 1. The Morgan fingerprint density at radius 3 is 2.76 bits per heavy atom. The van der Waals surface area contributed by atoms with Crippen molar-refractivity contribution >= 4 is 17.5 Å². The first-order valence-corrected chi connectivity index (χ1v) is 6.23. The van der Waals surface area contributed by atoms with Crippen LogP contribution in [-0.4, -0.2) is 19.1 Å². The van der Waals surface area contributed by atoms with Gasteiger partial charge in [-0.3, -0.25) is 4.79 Å². The topological polar surface area (TPSA) is 38.3 Å². The van der Waals surface area contributed by atoms with E-state index in [-0.39, 0.29) is 5.91 Å². The van der Waals surface area contributed by atoms with Gasteiger partial charge in [-0.05, 0) is 31.0 Å². The molecular formula is C13H16ClNO2. The van der Waals surface area contributed by atoms with E-state index < -0.39 is 0 Å². The fourth-order valence-electron chi connectivity index (χ4n) is 2.19. The smallest absolute Gasteiger partial charge is 0.255 e. The van der Waals surface area contributed by atoms with Crippen LogP contribution >= 0.6 is 11.6 Å². The van der Waals surface area contributed by atoms with Crippen molar-refractivity contribution in [3.8, 4) is 5.75 Å². The van der Waals surface area contributed by atoms with Gasteiger partial charge in [0.1, 0.15) is 5.75 Å². The third-order valence-corrected chi connectivity index (χ3v) is 3.33. The SMILES string of the molecule is COc1cc(Cl)ccc1C(=O)NC1CCCC1. The van der Waals surface area contributed by atoms with Crippen LogP contribution in [0.5, 0.6) is 5.75 Å². The zero-order valence-electron chi connectivity index (χ0n) is 9.83. The minimum absolute atomic E-state index is 0.0783. The van der Waals surface area contributed by atoms with E-state index in [9.17, 15) is 4.79 Å². The van der Waals surface area contributed by atoms with Crippen LogP contribution in [0.4, 0.5) is 0 Å². The third kappa shape index (κ3) is 2.91. The Morgan fingerprint density at radius 1 is 1.41 bits per heavy atom. The number of benzene rings is 1. The van der Waals surface area contributed by atoms with Gasteiger partial charge in [0.15, 0.2) is 0 Å². The van der Waals surface area contributed by atoms with Crippen molar-refractivity contribution in [2.75, 3.05) is 7.11 Å². The summed E-state index contributed by atoms with van der Waals surface area (Å²) in [5.41, 5.74) is 0.545. The highest BCUT2D eigenvalue weighted by atomic mass is 35.5. The Bertz CT molecular complexity index is 414. The Morgan fingerprint density at radius 2 is 2.12 bits per heavy atom. The molecule has 0 unspecified atom stereocenters. The first kappa shape index (κ1) is 12.2. The van der Waals surface area contributed by atoms with Crippen molar-refractivity contribution in [2.24, 2.45) is 0 Å². The van der Waals surface area contributed by atoms with Crippen molar-refractivity contribution in [2.45, 2.75) is 31.7 Å². The quantitative estimate of drug-likeness (QED) is 0.899. The van der Waals surface area contributed by atoms with Crippen LogP contribution in [0.15, 0.2) is 18.2 Å². The second-order valence-corrected chi connectivity index (χ2v) is 4.74. The van der Waals surface area contributed by atoms with Crippen LogP contribution < -0.4 is 10.1 Å². The number of amides is 1. The Hall–Kier alpha value is -1.22. The van der Waals surface area contributed by atoms with E-state index in [2.05, 4.69) is 5.32 Å². The largest absolute Gasteiger partial charge is 0.496 e. The molecule has 0 bridgehead atoms. The van der Waals surface area contributed by atoms with Gasteiger partial charge in [0.05, 0.1) is 12.7 Å². The Kier molecular flexibility index (Phi) is 3.89. The van der Waals surface area contributed by atoms with Crippen LogP contribution in [-0.2, 0) is 0 Å². The maximum Gasteiger partial charge on any atom is 0.255 e. The normalized spacial score (nSPS) is 15.9. The van der Waals surface area contributed by atoms with Crippen molar-refractivity contribution in [3.05, 3.63) is 28.8 Å². The molecule has 1 amide bonds. The monoisotopic (exact) mass is 253 g/mol. The lowest BCUT2D eigenvalue weighted by Crippen LogP contribution is -2.32. The van der Waals surface area contributed by atoms with Crippen LogP contribution in [0.3, 0.4) is 0 Å². The number of carbonyl (C=O) groups is 1. The third-order valence-electron chi connectivity index (χ3n) is 3.10. The Balaban J connectivity index is 2.12. The molecule has 0 radical (unpaired) electrons. The molecule has 1 aromatic carbocycles. The second kappa shape index (κ2) is 5.41. The molecule has 0 aromatic heterocycles. The van der Waals surface area contributed by atoms with Crippen molar-refractivity contribution in [1.29, 1.82) is 0 Å². The number of hydrogen-bond donors (Lipinski definition) is 1. The van der Waals surface area contributed by atoms with Crippen molar-refractivity contribution < 1.29 is 9.53 Å². The fraction of sp³-hybridized carbons (Fsp3) is 0.462. The summed E-state index contributed by atoms with van der Waals surface area (Å²) >= 11 is 5.86. The number of hydrogen-bond acceptors (Lipinski definition) is 2. The highest BCUT2D eigenvalue weighted by Crippen LogP contribution is 2.24. The number of methoxy groups -OCH3 is 1. The zero-order chi connectivity index (χ0) is 12.3. The summed E-state index contributed by atoms with van der Waals surface area (Å²) in [5, 5.41) is 3.60. The number of carbonyl (C=O) groups excluding carboxylic acids is 1. The van der Waals surface area contributed by atoms with Gasteiger partial charge >= 0.3 is 0 Å². The van der Waals surface area contributed by atoms with E-state index in [4.69, 9.17) is 16.3 Å². The molecule has 1 aliphatic rings. The average Bonchev–Trinajstić information content (AvgIpc) is 2.81. The molecule has 17 heavy (non-hydrogen) atoms. The van der Waals surface area contributed by atoms with E-state index in [1.807, 2.05) is 0 Å². The maximum atomic E-state index is 12.1. The fourth-order valence-corrected chi connectivity index (χ4v) is 2.35. The summed E-state index contributed by atoms with van der Waals surface area (Å²) in [4.78, 5) is 12.1. The Labute approximate surface area is 106 Å². The molecule has 0 spiro atoms. The van der Waals surface area contributed by atoms with Gasteiger partial charge in [0.2, 0.25) is 0 Å². The lowest BCUT2D eigenvalue weighted by molar-refractivity contribution is 0.0935. The van der Waals surface area contributed by atoms with Gasteiger partial charge in [-0.1, -0.05) is 24.4 Å². The molecule has 1 fully saturated rings. The molecule has 0 atom stereocenters. The summed E-state index contributed by atoms with van der Waals surface area (Å²) in [7, 11) is 1.54. The molecule has 1 aliphatic carbocycles. The van der Waals surface area contributed by atoms with E-state index in [1.165, 1.54) is 20.0 Å². The van der Waals surface area contributed by atoms with Gasteiger partial charge in [0.25, 0.3) is 5.91 Å². The van der Waals surface area contributed by atoms with E-state index >= 15 is 0 Å². The number of rotatable bonds is 3. The summed E-state index contributed by atoms with van der Waals surface area (Å²) in [6, 6.07) is 5.37. The van der Waals surface area contributed by atoms with E-state index in [0.717, 1.165) is 12.8 Å². The highest BCUT2D eigenvalue weighted by Gasteiger charge is 2.20. The van der Waals surface area contributed by atoms with Gasteiger partial charge in [-0.2, -0.15) is 0 Å². The van der Waals surface area contributed by atoms with E-state index in [1.54, 1.807) is 18.2 Å². The zero-order valence-corrected chi connectivity index (χ0v) is 10.6. The lowest BCUT2D eigenvalue weighted by atomic mass is 10.1. The summed E-state index contributed by atoms with van der Waals surface area (Å²) in [5.74, 6) is 0.443. The molecule has 4 heteroatoms. The molecule has 0 aliphatic heterocycles. The minimum Gasteiger partial charge on any atom is -0.496 e. The van der Waals surface area contributed by atoms with Gasteiger partial charge in [-0.25, -0.2) is 0 Å². The van der Waals surface area contributed by atoms with Crippen LogP contribution in [0.1, 0.15) is 36.0 Å². The van der Waals surface area contributed by atoms with Gasteiger partial charge in [-0.15, -0.1) is 0 Å². The van der Waals surface area contributed by atoms with Crippen molar-refractivity contribution in [1.82, 2.24) is 5.32 Å². The first-order valence-electron chi connectivity index (χ1n) is 5.85. The molecule has 0 saturated heterocycles.